The molecule has 0 aliphatic heterocycles. The zero-order chi connectivity index (χ0) is 10.9. The van der Waals surface area contributed by atoms with E-state index in [9.17, 15) is 5.11 Å². The molecule has 1 aliphatic rings. The van der Waals surface area contributed by atoms with E-state index in [0.717, 1.165) is 6.42 Å². The highest BCUT2D eigenvalue weighted by atomic mass is 16.3. The third-order valence-electron chi connectivity index (χ3n) is 3.66. The Morgan fingerprint density at radius 1 is 1.27 bits per heavy atom. The second kappa shape index (κ2) is 3.49. The fourth-order valence-corrected chi connectivity index (χ4v) is 2.17. The molecule has 1 unspecified atom stereocenters. The lowest BCUT2D eigenvalue weighted by atomic mass is 9.95. The van der Waals surface area contributed by atoms with Crippen LogP contribution in [0.4, 0.5) is 0 Å². The molecule has 0 bridgehead atoms. The summed E-state index contributed by atoms with van der Waals surface area (Å²) in [5.74, 6) is 0. The Labute approximate surface area is 91.4 Å². The van der Waals surface area contributed by atoms with Crippen molar-refractivity contribution < 1.29 is 5.11 Å². The third-order valence-corrected chi connectivity index (χ3v) is 3.66. The highest BCUT2D eigenvalue weighted by Gasteiger charge is 2.58. The van der Waals surface area contributed by atoms with E-state index < -0.39 is 0 Å². The topological polar surface area (TPSA) is 20.2 Å². The molecule has 80 valence electrons. The fraction of sp³-hybridized carbons (Fsp3) is 0.429. The zero-order valence-corrected chi connectivity index (χ0v) is 9.40. The van der Waals surface area contributed by atoms with Crippen LogP contribution in [0.1, 0.15) is 25.8 Å². The molecule has 0 aromatic heterocycles. The maximum absolute atomic E-state index is 9.42. The minimum atomic E-state index is 0.0167. The first-order valence-corrected chi connectivity index (χ1v) is 5.45. The Morgan fingerprint density at radius 2 is 1.87 bits per heavy atom. The molecule has 0 heterocycles. The molecule has 1 heteroatoms. The van der Waals surface area contributed by atoms with E-state index in [1.807, 2.05) is 18.2 Å². The summed E-state index contributed by atoms with van der Waals surface area (Å²) < 4.78 is 0. The van der Waals surface area contributed by atoms with Gasteiger partial charge in [-0.3, -0.25) is 0 Å². The second-order valence-electron chi connectivity index (χ2n) is 5.12. The highest BCUT2D eigenvalue weighted by molar-refractivity contribution is 5.51. The van der Waals surface area contributed by atoms with Crippen LogP contribution in [0.5, 0.6) is 0 Å². The first-order chi connectivity index (χ1) is 7.10. The van der Waals surface area contributed by atoms with Gasteiger partial charge in [-0.15, -0.1) is 0 Å². The largest absolute Gasteiger partial charge is 0.395 e. The summed E-state index contributed by atoms with van der Waals surface area (Å²) in [5, 5.41) is 9.42. The summed E-state index contributed by atoms with van der Waals surface area (Å²) in [5.41, 5.74) is 1.48. The van der Waals surface area contributed by atoms with E-state index in [1.165, 1.54) is 5.56 Å². The smallest absolute Gasteiger partial charge is 0.0527 e. The molecule has 1 saturated carbocycles. The van der Waals surface area contributed by atoms with Crippen LogP contribution in [0, 0.1) is 10.8 Å². The summed E-state index contributed by atoms with van der Waals surface area (Å²) >= 11 is 0. The summed E-state index contributed by atoms with van der Waals surface area (Å²) in [6, 6.07) is 10.2. The summed E-state index contributed by atoms with van der Waals surface area (Å²) in [4.78, 5) is 0. The minimum Gasteiger partial charge on any atom is -0.395 e. The van der Waals surface area contributed by atoms with Crippen molar-refractivity contribution in [3.05, 3.63) is 42.0 Å². The van der Waals surface area contributed by atoms with Crippen LogP contribution in [0.2, 0.25) is 0 Å². The van der Waals surface area contributed by atoms with E-state index in [2.05, 4.69) is 38.1 Å². The van der Waals surface area contributed by atoms with Gasteiger partial charge in [0.1, 0.15) is 0 Å². The number of hydrogen-bond donors (Lipinski definition) is 1. The van der Waals surface area contributed by atoms with E-state index in [0.29, 0.717) is 0 Å². The monoisotopic (exact) mass is 202 g/mol. The molecule has 0 amide bonds. The van der Waals surface area contributed by atoms with Gasteiger partial charge in [-0.25, -0.2) is 0 Å². The van der Waals surface area contributed by atoms with Crippen LogP contribution in [0.15, 0.2) is 36.4 Å². The average molecular weight is 202 g/mol. The molecule has 1 atom stereocenters. The second-order valence-corrected chi connectivity index (χ2v) is 5.12. The fourth-order valence-electron chi connectivity index (χ4n) is 2.17. The number of rotatable bonds is 3. The molecule has 0 spiro atoms. The van der Waals surface area contributed by atoms with Crippen molar-refractivity contribution in [2.45, 2.75) is 20.3 Å². The molecule has 1 aromatic carbocycles. The van der Waals surface area contributed by atoms with Gasteiger partial charge in [-0.05, 0) is 17.4 Å². The van der Waals surface area contributed by atoms with Gasteiger partial charge in [-0.1, -0.05) is 56.3 Å². The van der Waals surface area contributed by atoms with Crippen molar-refractivity contribution in [2.75, 3.05) is 6.61 Å². The first-order valence-electron chi connectivity index (χ1n) is 5.45. The van der Waals surface area contributed by atoms with Crippen molar-refractivity contribution in [2.24, 2.45) is 10.8 Å². The zero-order valence-electron chi connectivity index (χ0n) is 9.40. The van der Waals surface area contributed by atoms with E-state index in [4.69, 9.17) is 0 Å². The number of hydrogen-bond acceptors (Lipinski definition) is 1. The van der Waals surface area contributed by atoms with Crippen molar-refractivity contribution in [1.82, 2.24) is 0 Å². The summed E-state index contributed by atoms with van der Waals surface area (Å²) in [7, 11) is 0. The molecule has 1 N–H and O–H groups in total. The normalized spacial score (nSPS) is 28.2. The van der Waals surface area contributed by atoms with Gasteiger partial charge in [0.2, 0.25) is 0 Å². The lowest BCUT2D eigenvalue weighted by molar-refractivity contribution is 0.215. The molecule has 0 saturated heterocycles. The van der Waals surface area contributed by atoms with Crippen molar-refractivity contribution in [1.29, 1.82) is 0 Å². The molecule has 1 aliphatic carbocycles. The standard InChI is InChI=1S/C14H18O/c1-13(2)10-14(13,11-15)9-8-12-6-4-3-5-7-12/h3-9,15H,10-11H2,1-2H3/b9-8+. The highest BCUT2D eigenvalue weighted by Crippen LogP contribution is 2.64. The minimum absolute atomic E-state index is 0.0167. The van der Waals surface area contributed by atoms with E-state index >= 15 is 0 Å². The Kier molecular flexibility index (Phi) is 2.43. The molecule has 1 fully saturated rings. The molecule has 15 heavy (non-hydrogen) atoms. The number of aliphatic hydroxyl groups excluding tert-OH is 1. The Morgan fingerprint density at radius 3 is 2.33 bits per heavy atom. The van der Waals surface area contributed by atoms with Gasteiger partial charge in [0.25, 0.3) is 0 Å². The van der Waals surface area contributed by atoms with Crippen LogP contribution in [-0.4, -0.2) is 11.7 Å². The third kappa shape index (κ3) is 1.84. The van der Waals surface area contributed by atoms with Gasteiger partial charge in [-0.2, -0.15) is 0 Å². The Bertz CT molecular complexity index is 364. The quantitative estimate of drug-likeness (QED) is 0.798. The average Bonchev–Trinajstić information content (AvgIpc) is 2.80. The SMILES string of the molecule is CC1(C)CC1(/C=C/c1ccccc1)CO. The van der Waals surface area contributed by atoms with Gasteiger partial charge in [0, 0.05) is 5.41 Å². The predicted molar refractivity (Wildman–Crippen MR) is 63.4 cm³/mol. The number of aliphatic hydroxyl groups is 1. The van der Waals surface area contributed by atoms with Crippen LogP contribution in [-0.2, 0) is 0 Å². The number of benzene rings is 1. The molecule has 1 nitrogen and oxygen atoms in total. The summed E-state index contributed by atoms with van der Waals surface area (Å²) in [6.07, 6.45) is 5.37. The molecule has 0 radical (unpaired) electrons. The van der Waals surface area contributed by atoms with Gasteiger partial charge in [0.15, 0.2) is 0 Å². The lowest BCUT2D eigenvalue weighted by Gasteiger charge is -2.12. The van der Waals surface area contributed by atoms with Crippen molar-refractivity contribution in [3.8, 4) is 0 Å². The first kappa shape index (κ1) is 10.4. The van der Waals surface area contributed by atoms with E-state index in [1.54, 1.807) is 0 Å². The molecular weight excluding hydrogens is 184 g/mol. The van der Waals surface area contributed by atoms with Crippen LogP contribution in [0.25, 0.3) is 6.08 Å². The van der Waals surface area contributed by atoms with Crippen molar-refractivity contribution in [3.63, 3.8) is 0 Å². The van der Waals surface area contributed by atoms with E-state index in [-0.39, 0.29) is 17.4 Å². The van der Waals surface area contributed by atoms with Crippen LogP contribution in [0.3, 0.4) is 0 Å². The van der Waals surface area contributed by atoms with Gasteiger partial charge in [0.05, 0.1) is 6.61 Å². The Hall–Kier alpha value is -1.08. The maximum Gasteiger partial charge on any atom is 0.0527 e. The van der Waals surface area contributed by atoms with Gasteiger partial charge >= 0.3 is 0 Å². The predicted octanol–water partition coefficient (Wildman–Crippen LogP) is 3.11. The maximum atomic E-state index is 9.42. The van der Waals surface area contributed by atoms with Crippen molar-refractivity contribution >= 4 is 6.08 Å². The van der Waals surface area contributed by atoms with Crippen LogP contribution < -0.4 is 0 Å². The Balaban J connectivity index is 2.13. The summed E-state index contributed by atoms with van der Waals surface area (Å²) in [6.45, 7) is 4.67. The lowest BCUT2D eigenvalue weighted by Crippen LogP contribution is -2.10. The van der Waals surface area contributed by atoms with Crippen LogP contribution >= 0.6 is 0 Å². The molecular formula is C14H18O. The van der Waals surface area contributed by atoms with Gasteiger partial charge < -0.3 is 5.11 Å². The molecule has 2 rings (SSSR count). The molecule has 1 aromatic rings.